The molecule has 1 rings (SSSR count). The second kappa shape index (κ2) is 6.14. The number of hydrogen-bond donors (Lipinski definition) is 0. The van der Waals surface area contributed by atoms with Gasteiger partial charge in [-0.15, -0.1) is 10.1 Å². The highest BCUT2D eigenvalue weighted by atomic mass is 16.9. The Hall–Kier alpha value is -2.44. The van der Waals surface area contributed by atoms with Gasteiger partial charge in [0.2, 0.25) is 0 Å². The third-order valence-corrected chi connectivity index (χ3v) is 2.11. The van der Waals surface area contributed by atoms with Crippen molar-refractivity contribution in [2.24, 2.45) is 0 Å². The number of nitrogens with zero attached hydrogens (tertiary/aromatic N) is 1. The molecule has 0 saturated heterocycles. The zero-order valence-electron chi connectivity index (χ0n) is 11.4. The molecule has 108 valence electrons. The largest absolute Gasteiger partial charge is 0.454 e. The molecule has 0 fully saturated rings. The van der Waals surface area contributed by atoms with Crippen LogP contribution in [-0.2, 0) is 21.0 Å². The molecule has 0 unspecified atom stereocenters. The van der Waals surface area contributed by atoms with Crippen molar-refractivity contribution in [1.82, 2.24) is 0 Å². The van der Waals surface area contributed by atoms with E-state index in [2.05, 4.69) is 4.84 Å². The summed E-state index contributed by atoms with van der Waals surface area (Å²) in [5, 5.41) is 9.17. The first-order valence-electron chi connectivity index (χ1n) is 5.83. The Balaban J connectivity index is 2.81. The van der Waals surface area contributed by atoms with Gasteiger partial charge in [-0.1, -0.05) is 18.2 Å². The van der Waals surface area contributed by atoms with E-state index < -0.39 is 22.4 Å². The Bertz CT molecular complexity index is 532. The number of ketones is 1. The SMILES string of the molecule is CC(C)(C)OC(=O)C(=O)c1cccc(CO[N+](=O)[O-])c1. The summed E-state index contributed by atoms with van der Waals surface area (Å²) in [6.45, 7) is 4.67. The molecule has 0 saturated carbocycles. The molecule has 1 aromatic rings. The molecule has 0 atom stereocenters. The summed E-state index contributed by atoms with van der Waals surface area (Å²) in [5.74, 6) is -1.77. The van der Waals surface area contributed by atoms with E-state index in [-0.39, 0.29) is 12.2 Å². The van der Waals surface area contributed by atoms with E-state index in [4.69, 9.17) is 4.74 Å². The second-order valence-corrected chi connectivity index (χ2v) is 5.03. The van der Waals surface area contributed by atoms with Gasteiger partial charge >= 0.3 is 5.97 Å². The van der Waals surface area contributed by atoms with E-state index >= 15 is 0 Å². The normalized spacial score (nSPS) is 10.8. The highest BCUT2D eigenvalue weighted by Crippen LogP contribution is 2.12. The summed E-state index contributed by atoms with van der Waals surface area (Å²) in [6, 6.07) is 5.85. The van der Waals surface area contributed by atoms with E-state index in [0.717, 1.165) is 0 Å². The maximum absolute atomic E-state index is 11.9. The van der Waals surface area contributed by atoms with Crippen LogP contribution in [-0.4, -0.2) is 22.4 Å². The average molecular weight is 281 g/mol. The fourth-order valence-electron chi connectivity index (χ4n) is 1.37. The molecule has 20 heavy (non-hydrogen) atoms. The van der Waals surface area contributed by atoms with Crippen LogP contribution in [0.5, 0.6) is 0 Å². The minimum atomic E-state index is -0.968. The van der Waals surface area contributed by atoms with Gasteiger partial charge in [-0.25, -0.2) is 4.79 Å². The molecule has 0 aliphatic carbocycles. The maximum Gasteiger partial charge on any atom is 0.380 e. The molecule has 0 bridgehead atoms. The van der Waals surface area contributed by atoms with Crippen molar-refractivity contribution in [3.05, 3.63) is 45.5 Å². The Morgan fingerprint density at radius 1 is 1.30 bits per heavy atom. The average Bonchev–Trinajstić information content (AvgIpc) is 2.33. The second-order valence-electron chi connectivity index (χ2n) is 5.03. The van der Waals surface area contributed by atoms with Crippen LogP contribution in [0.25, 0.3) is 0 Å². The first kappa shape index (κ1) is 15.6. The third-order valence-electron chi connectivity index (χ3n) is 2.11. The van der Waals surface area contributed by atoms with Gasteiger partial charge in [-0.2, -0.15) is 0 Å². The highest BCUT2D eigenvalue weighted by Gasteiger charge is 2.24. The lowest BCUT2D eigenvalue weighted by Crippen LogP contribution is -2.29. The first-order chi connectivity index (χ1) is 9.19. The number of ether oxygens (including phenoxy) is 1. The highest BCUT2D eigenvalue weighted by molar-refractivity contribution is 6.40. The molecular weight excluding hydrogens is 266 g/mol. The predicted octanol–water partition coefficient (Wildman–Crippen LogP) is 1.92. The lowest BCUT2D eigenvalue weighted by molar-refractivity contribution is -0.763. The molecule has 7 heteroatoms. The molecule has 7 nitrogen and oxygen atoms in total. The van der Waals surface area contributed by atoms with Crippen molar-refractivity contribution < 1.29 is 24.3 Å². The maximum atomic E-state index is 11.9. The summed E-state index contributed by atoms with van der Waals surface area (Å²) in [4.78, 5) is 37.8. The van der Waals surface area contributed by atoms with E-state index in [9.17, 15) is 19.7 Å². The van der Waals surface area contributed by atoms with Crippen molar-refractivity contribution in [3.8, 4) is 0 Å². The fourth-order valence-corrected chi connectivity index (χ4v) is 1.37. The third kappa shape index (κ3) is 5.05. The minimum Gasteiger partial charge on any atom is -0.454 e. The number of benzene rings is 1. The van der Waals surface area contributed by atoms with Crippen molar-refractivity contribution in [3.63, 3.8) is 0 Å². The van der Waals surface area contributed by atoms with Gasteiger partial charge in [0.05, 0.1) is 0 Å². The number of esters is 1. The molecule has 0 aromatic heterocycles. The molecular formula is C13H15NO6. The van der Waals surface area contributed by atoms with Crippen LogP contribution in [0.1, 0.15) is 36.7 Å². The molecule has 0 amide bonds. The summed E-state index contributed by atoms with van der Waals surface area (Å²) in [7, 11) is 0. The van der Waals surface area contributed by atoms with Gasteiger partial charge in [-0.3, -0.25) is 4.79 Å². The quantitative estimate of drug-likeness (QED) is 0.269. The molecule has 0 aliphatic heterocycles. The van der Waals surface area contributed by atoms with Gasteiger partial charge in [0, 0.05) is 5.56 Å². The van der Waals surface area contributed by atoms with Gasteiger partial charge in [0.25, 0.3) is 10.9 Å². The lowest BCUT2D eigenvalue weighted by Gasteiger charge is -2.18. The van der Waals surface area contributed by atoms with Gasteiger partial charge in [0.15, 0.2) is 0 Å². The van der Waals surface area contributed by atoms with Crippen molar-refractivity contribution in [2.45, 2.75) is 33.0 Å². The molecule has 0 radical (unpaired) electrons. The van der Waals surface area contributed by atoms with Crippen LogP contribution in [0.2, 0.25) is 0 Å². The van der Waals surface area contributed by atoms with Gasteiger partial charge in [-0.05, 0) is 32.4 Å². The summed E-state index contributed by atoms with van der Waals surface area (Å²) >= 11 is 0. The zero-order valence-corrected chi connectivity index (χ0v) is 11.4. The van der Waals surface area contributed by atoms with E-state index in [1.807, 2.05) is 0 Å². The van der Waals surface area contributed by atoms with Crippen LogP contribution >= 0.6 is 0 Å². The summed E-state index contributed by atoms with van der Waals surface area (Å²) < 4.78 is 4.96. The summed E-state index contributed by atoms with van der Waals surface area (Å²) in [5.41, 5.74) is -0.251. The molecule has 0 aliphatic rings. The van der Waals surface area contributed by atoms with E-state index in [1.54, 1.807) is 26.8 Å². The minimum absolute atomic E-state index is 0.101. The molecule has 0 spiro atoms. The van der Waals surface area contributed by atoms with Crippen LogP contribution in [0.4, 0.5) is 0 Å². The number of carbonyl (C=O) groups is 2. The molecule has 0 heterocycles. The zero-order chi connectivity index (χ0) is 15.3. The Morgan fingerprint density at radius 3 is 2.50 bits per heavy atom. The summed E-state index contributed by atoms with van der Waals surface area (Å²) in [6.07, 6.45) is 0. The van der Waals surface area contributed by atoms with Crippen molar-refractivity contribution in [2.75, 3.05) is 0 Å². The van der Waals surface area contributed by atoms with Crippen LogP contribution in [0.15, 0.2) is 24.3 Å². The van der Waals surface area contributed by atoms with Crippen LogP contribution in [0, 0.1) is 10.1 Å². The molecule has 1 aromatic carbocycles. The Kier molecular flexibility index (Phi) is 4.79. The topological polar surface area (TPSA) is 95.7 Å². The van der Waals surface area contributed by atoms with E-state index in [1.165, 1.54) is 18.2 Å². The number of carbonyl (C=O) groups excluding carboxylic acids is 2. The fraction of sp³-hybridized carbons (Fsp3) is 0.385. The van der Waals surface area contributed by atoms with E-state index in [0.29, 0.717) is 5.56 Å². The van der Waals surface area contributed by atoms with Crippen LogP contribution in [0.3, 0.4) is 0 Å². The monoisotopic (exact) mass is 281 g/mol. The standard InChI is InChI=1S/C13H15NO6/c1-13(2,3)20-12(16)11(15)10-6-4-5-9(7-10)8-19-14(17)18/h4-7H,8H2,1-3H3. The lowest BCUT2D eigenvalue weighted by atomic mass is 10.1. The van der Waals surface area contributed by atoms with Gasteiger partial charge < -0.3 is 9.57 Å². The van der Waals surface area contributed by atoms with Crippen LogP contribution < -0.4 is 0 Å². The smallest absolute Gasteiger partial charge is 0.380 e. The molecule has 0 N–H and O–H groups in total. The number of Topliss-reactive ketones (excluding diaryl/α,β-unsaturated/α-hetero) is 1. The van der Waals surface area contributed by atoms with Crippen molar-refractivity contribution in [1.29, 1.82) is 0 Å². The van der Waals surface area contributed by atoms with Gasteiger partial charge in [0.1, 0.15) is 12.2 Å². The number of hydrogen-bond acceptors (Lipinski definition) is 6. The number of rotatable bonds is 5. The Morgan fingerprint density at radius 2 is 1.95 bits per heavy atom. The predicted molar refractivity (Wildman–Crippen MR) is 68.4 cm³/mol. The Labute approximate surface area is 115 Å². The first-order valence-corrected chi connectivity index (χ1v) is 5.83. The van der Waals surface area contributed by atoms with Crippen molar-refractivity contribution >= 4 is 11.8 Å².